The van der Waals surface area contributed by atoms with Crippen LogP contribution in [-0.2, 0) is 0 Å². The average Bonchev–Trinajstić information content (AvgIpc) is 2.40. The Morgan fingerprint density at radius 1 is 1.44 bits per heavy atom. The zero-order chi connectivity index (χ0) is 12.8. The molecule has 0 aliphatic carbocycles. The molecule has 1 atom stereocenters. The van der Waals surface area contributed by atoms with Gasteiger partial charge >= 0.3 is 0 Å². The van der Waals surface area contributed by atoms with E-state index in [1.54, 1.807) is 0 Å². The second-order valence-electron chi connectivity index (χ2n) is 4.74. The van der Waals surface area contributed by atoms with Gasteiger partial charge in [0.2, 0.25) is 0 Å². The predicted octanol–water partition coefficient (Wildman–Crippen LogP) is 2.41. The van der Waals surface area contributed by atoms with Crippen LogP contribution >= 0.6 is 22.6 Å². The normalized spacial score (nSPS) is 19.5. The summed E-state index contributed by atoms with van der Waals surface area (Å²) in [6.45, 7) is 3.01. The Hall–Kier alpha value is -0.620. The molecule has 1 aromatic carbocycles. The van der Waals surface area contributed by atoms with E-state index in [0.29, 0.717) is 5.92 Å². The third-order valence-corrected chi connectivity index (χ3v) is 4.30. The zero-order valence-electron chi connectivity index (χ0n) is 10.4. The smallest absolute Gasteiger partial charge is 0.252 e. The van der Waals surface area contributed by atoms with Crippen molar-refractivity contribution in [3.05, 3.63) is 33.4 Å². The number of carbonyl (C=O) groups is 1. The fourth-order valence-electron chi connectivity index (χ4n) is 2.30. The number of halogens is 1. The van der Waals surface area contributed by atoms with Crippen molar-refractivity contribution < 1.29 is 4.79 Å². The Labute approximate surface area is 122 Å². The molecule has 0 radical (unpaired) electrons. The molecule has 1 heterocycles. The minimum Gasteiger partial charge on any atom is -0.352 e. The Bertz CT molecular complexity index is 403. The van der Waals surface area contributed by atoms with Gasteiger partial charge in [-0.15, -0.1) is 0 Å². The van der Waals surface area contributed by atoms with Crippen molar-refractivity contribution in [3.8, 4) is 0 Å². The molecule has 1 aliphatic heterocycles. The maximum absolute atomic E-state index is 12.0. The van der Waals surface area contributed by atoms with E-state index < -0.39 is 0 Å². The highest BCUT2D eigenvalue weighted by atomic mass is 127. The Morgan fingerprint density at radius 2 is 2.28 bits per heavy atom. The lowest BCUT2D eigenvalue weighted by molar-refractivity contribution is 0.0950. The van der Waals surface area contributed by atoms with Crippen LogP contribution in [0.15, 0.2) is 24.3 Å². The van der Waals surface area contributed by atoms with Crippen molar-refractivity contribution in [2.75, 3.05) is 19.6 Å². The van der Waals surface area contributed by atoms with Crippen LogP contribution in [0, 0.1) is 9.49 Å². The minimum absolute atomic E-state index is 0.0452. The number of piperidine rings is 1. The molecule has 18 heavy (non-hydrogen) atoms. The van der Waals surface area contributed by atoms with Gasteiger partial charge in [0.05, 0.1) is 5.56 Å². The lowest BCUT2D eigenvalue weighted by Crippen LogP contribution is -2.33. The van der Waals surface area contributed by atoms with Gasteiger partial charge in [0, 0.05) is 10.1 Å². The lowest BCUT2D eigenvalue weighted by Gasteiger charge is -2.22. The highest BCUT2D eigenvalue weighted by Gasteiger charge is 2.13. The topological polar surface area (TPSA) is 41.1 Å². The molecule has 1 aromatic rings. The van der Waals surface area contributed by atoms with Gasteiger partial charge in [-0.05, 0) is 73.0 Å². The molecule has 0 spiro atoms. The van der Waals surface area contributed by atoms with E-state index in [2.05, 4.69) is 33.2 Å². The first-order valence-corrected chi connectivity index (χ1v) is 7.58. The molecule has 1 unspecified atom stereocenters. The number of nitrogens with one attached hydrogen (secondary N) is 2. The number of amides is 1. The average molecular weight is 358 g/mol. The molecule has 2 N–H and O–H groups in total. The third-order valence-electron chi connectivity index (χ3n) is 3.36. The minimum atomic E-state index is 0.0452. The van der Waals surface area contributed by atoms with Crippen molar-refractivity contribution in [2.45, 2.75) is 19.3 Å². The molecule has 1 fully saturated rings. The summed E-state index contributed by atoms with van der Waals surface area (Å²) in [6.07, 6.45) is 3.61. The first-order valence-electron chi connectivity index (χ1n) is 6.51. The van der Waals surface area contributed by atoms with Crippen LogP contribution < -0.4 is 10.6 Å². The van der Waals surface area contributed by atoms with Gasteiger partial charge < -0.3 is 10.6 Å². The molecule has 1 saturated heterocycles. The quantitative estimate of drug-likeness (QED) is 0.812. The van der Waals surface area contributed by atoms with E-state index in [4.69, 9.17) is 0 Å². The summed E-state index contributed by atoms with van der Waals surface area (Å²) in [7, 11) is 0. The molecular formula is C14H19IN2O. The molecule has 98 valence electrons. The molecule has 0 bridgehead atoms. The van der Waals surface area contributed by atoms with Crippen molar-refractivity contribution in [1.29, 1.82) is 0 Å². The molecule has 1 aliphatic rings. The lowest BCUT2D eigenvalue weighted by atomic mass is 9.96. The van der Waals surface area contributed by atoms with E-state index in [9.17, 15) is 4.79 Å². The van der Waals surface area contributed by atoms with Gasteiger partial charge in [-0.2, -0.15) is 0 Å². The van der Waals surface area contributed by atoms with Crippen LogP contribution in [-0.4, -0.2) is 25.5 Å². The number of hydrogen-bond donors (Lipinski definition) is 2. The van der Waals surface area contributed by atoms with Gasteiger partial charge in [0.1, 0.15) is 0 Å². The molecule has 3 nitrogen and oxygen atoms in total. The fourth-order valence-corrected chi connectivity index (χ4v) is 2.93. The standard InChI is InChI=1S/C14H19IN2O/c15-13-6-2-1-5-12(13)14(18)17-9-7-11-4-3-8-16-10-11/h1-2,5-6,11,16H,3-4,7-10H2,(H,17,18). The number of carbonyl (C=O) groups excluding carboxylic acids is 1. The summed E-state index contributed by atoms with van der Waals surface area (Å²) in [5, 5.41) is 6.42. The molecule has 1 amide bonds. The first-order chi connectivity index (χ1) is 8.77. The first kappa shape index (κ1) is 13.8. The van der Waals surface area contributed by atoms with Crippen LogP contribution in [0.3, 0.4) is 0 Å². The summed E-state index contributed by atoms with van der Waals surface area (Å²) in [5.41, 5.74) is 0.778. The van der Waals surface area contributed by atoms with Crippen LogP contribution in [0.2, 0.25) is 0 Å². The highest BCUT2D eigenvalue weighted by molar-refractivity contribution is 14.1. The maximum atomic E-state index is 12.0. The van der Waals surface area contributed by atoms with Gasteiger partial charge in [-0.1, -0.05) is 12.1 Å². The highest BCUT2D eigenvalue weighted by Crippen LogP contribution is 2.14. The van der Waals surface area contributed by atoms with E-state index in [1.165, 1.54) is 12.8 Å². The maximum Gasteiger partial charge on any atom is 0.252 e. The number of hydrogen-bond acceptors (Lipinski definition) is 2. The van der Waals surface area contributed by atoms with Crippen LogP contribution in [0.25, 0.3) is 0 Å². The zero-order valence-corrected chi connectivity index (χ0v) is 12.6. The van der Waals surface area contributed by atoms with Crippen LogP contribution in [0.5, 0.6) is 0 Å². The molecule has 4 heteroatoms. The second kappa shape index (κ2) is 7.09. The van der Waals surface area contributed by atoms with Crippen molar-refractivity contribution >= 4 is 28.5 Å². The van der Waals surface area contributed by atoms with Crippen LogP contribution in [0.4, 0.5) is 0 Å². The van der Waals surface area contributed by atoms with Crippen molar-refractivity contribution in [1.82, 2.24) is 10.6 Å². The van der Waals surface area contributed by atoms with E-state index in [1.807, 2.05) is 24.3 Å². The largest absolute Gasteiger partial charge is 0.352 e. The molecule has 0 aromatic heterocycles. The molecular weight excluding hydrogens is 339 g/mol. The van der Waals surface area contributed by atoms with Crippen molar-refractivity contribution in [2.24, 2.45) is 5.92 Å². The fraction of sp³-hybridized carbons (Fsp3) is 0.500. The SMILES string of the molecule is O=C(NCCC1CCCNC1)c1ccccc1I. The van der Waals surface area contributed by atoms with Gasteiger partial charge in [0.25, 0.3) is 5.91 Å². The Morgan fingerprint density at radius 3 is 3.00 bits per heavy atom. The number of benzene rings is 1. The van der Waals surface area contributed by atoms with E-state index >= 15 is 0 Å². The van der Waals surface area contributed by atoms with Gasteiger partial charge in [-0.3, -0.25) is 4.79 Å². The summed E-state index contributed by atoms with van der Waals surface area (Å²) in [4.78, 5) is 12.0. The summed E-state index contributed by atoms with van der Waals surface area (Å²) < 4.78 is 1.01. The number of rotatable bonds is 4. The molecule has 0 saturated carbocycles. The predicted molar refractivity (Wildman–Crippen MR) is 81.7 cm³/mol. The Balaban J connectivity index is 1.76. The van der Waals surface area contributed by atoms with Gasteiger partial charge in [0.15, 0.2) is 0 Å². The third kappa shape index (κ3) is 3.95. The van der Waals surface area contributed by atoms with Crippen LogP contribution in [0.1, 0.15) is 29.6 Å². The second-order valence-corrected chi connectivity index (χ2v) is 5.90. The summed E-state index contributed by atoms with van der Waals surface area (Å²) in [5.74, 6) is 0.762. The summed E-state index contributed by atoms with van der Waals surface area (Å²) >= 11 is 2.20. The molecule has 2 rings (SSSR count). The summed E-state index contributed by atoms with van der Waals surface area (Å²) in [6, 6.07) is 7.69. The monoisotopic (exact) mass is 358 g/mol. The Kier molecular flexibility index (Phi) is 5.44. The van der Waals surface area contributed by atoms with E-state index in [0.717, 1.165) is 35.2 Å². The van der Waals surface area contributed by atoms with E-state index in [-0.39, 0.29) is 5.91 Å². The van der Waals surface area contributed by atoms with Crippen molar-refractivity contribution in [3.63, 3.8) is 0 Å². The van der Waals surface area contributed by atoms with Gasteiger partial charge in [-0.25, -0.2) is 0 Å².